The van der Waals surface area contributed by atoms with Crippen LogP contribution >= 0.6 is 11.6 Å². The Morgan fingerprint density at radius 3 is 2.93 bits per heavy atom. The van der Waals surface area contributed by atoms with Gasteiger partial charge in [-0.1, -0.05) is 24.3 Å². The molecule has 14 heavy (non-hydrogen) atoms. The first kappa shape index (κ1) is 9.28. The zero-order valence-corrected chi connectivity index (χ0v) is 8.25. The van der Waals surface area contributed by atoms with Gasteiger partial charge in [-0.25, -0.2) is 0 Å². The van der Waals surface area contributed by atoms with Crippen molar-refractivity contribution < 1.29 is 9.53 Å². The molecule has 0 amide bonds. The molecule has 1 aromatic rings. The number of carbonyl (C=O) groups is 1. The minimum Gasteiger partial charge on any atom is -0.488 e. The lowest BCUT2D eigenvalue weighted by atomic mass is 10.1. The molecule has 0 saturated heterocycles. The first-order valence-corrected chi connectivity index (χ1v) is 4.73. The van der Waals surface area contributed by atoms with Gasteiger partial charge in [0.2, 0.25) is 0 Å². The van der Waals surface area contributed by atoms with E-state index in [1.165, 1.54) is 5.56 Å². The molecule has 0 fully saturated rings. The number of halogens is 1. The highest BCUT2D eigenvalue weighted by atomic mass is 35.5. The lowest BCUT2D eigenvalue weighted by molar-refractivity contribution is -0.114. The Bertz CT molecular complexity index is 396. The normalized spacial score (nSPS) is 13.4. The highest BCUT2D eigenvalue weighted by Crippen LogP contribution is 2.24. The molecule has 2 rings (SSSR count). The minimum absolute atomic E-state index is 0.0542. The first-order chi connectivity index (χ1) is 6.75. The molecule has 0 heterocycles. The van der Waals surface area contributed by atoms with E-state index in [0.717, 1.165) is 17.7 Å². The van der Waals surface area contributed by atoms with Crippen molar-refractivity contribution in [2.45, 2.75) is 6.42 Å². The van der Waals surface area contributed by atoms with E-state index in [1.807, 2.05) is 30.3 Å². The average molecular weight is 209 g/mol. The number of rotatable bonds is 3. The minimum atomic E-state index is -0.471. The molecule has 0 radical (unpaired) electrons. The number of hydrogen-bond acceptors (Lipinski definition) is 2. The molecular weight excluding hydrogens is 200 g/mol. The summed E-state index contributed by atoms with van der Waals surface area (Å²) in [7, 11) is 0. The van der Waals surface area contributed by atoms with Crippen LogP contribution in [0.15, 0.2) is 30.0 Å². The molecule has 1 aliphatic carbocycles. The fraction of sp³-hybridized carbons (Fsp3) is 0.182. The molecule has 3 heteroatoms. The molecule has 0 atom stereocenters. The second-order valence-electron chi connectivity index (χ2n) is 3.13. The summed E-state index contributed by atoms with van der Waals surface area (Å²) < 4.78 is 5.23. The van der Waals surface area contributed by atoms with E-state index < -0.39 is 5.24 Å². The van der Waals surface area contributed by atoms with Gasteiger partial charge in [0.25, 0.3) is 5.24 Å². The summed E-state index contributed by atoms with van der Waals surface area (Å²) in [5.74, 6) is 0.806. The van der Waals surface area contributed by atoms with Crippen LogP contribution < -0.4 is 0 Å². The predicted octanol–water partition coefficient (Wildman–Crippen LogP) is 2.37. The van der Waals surface area contributed by atoms with Crippen LogP contribution in [0.3, 0.4) is 0 Å². The number of fused-ring (bicyclic) bond motifs is 1. The van der Waals surface area contributed by atoms with Crippen LogP contribution in [0, 0.1) is 0 Å². The lowest BCUT2D eigenvalue weighted by Crippen LogP contribution is -2.01. The number of carbonyl (C=O) groups excluding carboxylic acids is 1. The second-order valence-corrected chi connectivity index (χ2v) is 3.55. The van der Waals surface area contributed by atoms with Gasteiger partial charge in [-0.15, -0.1) is 0 Å². The quantitative estimate of drug-likeness (QED) is 0.713. The summed E-state index contributed by atoms with van der Waals surface area (Å²) in [5.41, 5.74) is 2.38. The summed E-state index contributed by atoms with van der Waals surface area (Å²) in [6, 6.07) is 8.03. The highest BCUT2D eigenvalue weighted by Gasteiger charge is 2.13. The summed E-state index contributed by atoms with van der Waals surface area (Å²) in [4.78, 5) is 10.5. The number of benzene rings is 1. The first-order valence-electron chi connectivity index (χ1n) is 4.35. The van der Waals surface area contributed by atoms with Crippen LogP contribution in [0.2, 0.25) is 0 Å². The van der Waals surface area contributed by atoms with Gasteiger partial charge in [0.05, 0.1) is 0 Å². The summed E-state index contributed by atoms with van der Waals surface area (Å²) in [5, 5.41) is -0.471. The number of hydrogen-bond donors (Lipinski definition) is 0. The van der Waals surface area contributed by atoms with E-state index in [1.54, 1.807) is 0 Å². The van der Waals surface area contributed by atoms with Crippen LogP contribution in [0.1, 0.15) is 11.1 Å². The molecule has 1 aromatic carbocycles. The average Bonchev–Trinajstić information content (AvgIpc) is 2.57. The Morgan fingerprint density at radius 2 is 2.21 bits per heavy atom. The monoisotopic (exact) mass is 208 g/mol. The van der Waals surface area contributed by atoms with Crippen molar-refractivity contribution >= 4 is 22.9 Å². The molecule has 0 spiro atoms. The third kappa shape index (κ3) is 1.96. The van der Waals surface area contributed by atoms with E-state index in [4.69, 9.17) is 16.3 Å². The fourth-order valence-electron chi connectivity index (χ4n) is 1.49. The zero-order chi connectivity index (χ0) is 9.97. The van der Waals surface area contributed by atoms with Gasteiger partial charge >= 0.3 is 0 Å². The molecule has 72 valence electrons. The van der Waals surface area contributed by atoms with Crippen molar-refractivity contribution in [2.24, 2.45) is 0 Å². The summed E-state index contributed by atoms with van der Waals surface area (Å²) >= 11 is 5.18. The Morgan fingerprint density at radius 1 is 1.43 bits per heavy atom. The van der Waals surface area contributed by atoms with Crippen molar-refractivity contribution in [2.75, 3.05) is 6.61 Å². The molecule has 0 bridgehead atoms. The van der Waals surface area contributed by atoms with Crippen molar-refractivity contribution in [3.8, 4) is 0 Å². The van der Waals surface area contributed by atoms with Crippen LogP contribution in [0.4, 0.5) is 0 Å². The van der Waals surface area contributed by atoms with E-state index in [9.17, 15) is 4.79 Å². The molecule has 1 aliphatic rings. The van der Waals surface area contributed by atoms with Crippen molar-refractivity contribution in [3.63, 3.8) is 0 Å². The van der Waals surface area contributed by atoms with Crippen molar-refractivity contribution in [1.82, 2.24) is 0 Å². The Balaban J connectivity index is 2.05. The third-order valence-electron chi connectivity index (χ3n) is 2.11. The second kappa shape index (κ2) is 3.84. The zero-order valence-electron chi connectivity index (χ0n) is 7.50. The van der Waals surface area contributed by atoms with Gasteiger partial charge in [0.1, 0.15) is 5.76 Å². The maximum absolute atomic E-state index is 10.5. The molecular formula is C11H9ClO2. The molecule has 2 nitrogen and oxygen atoms in total. The molecule has 0 N–H and O–H groups in total. The lowest BCUT2D eigenvalue weighted by Gasteiger charge is -2.02. The van der Waals surface area contributed by atoms with Crippen LogP contribution in [0.5, 0.6) is 0 Å². The molecule has 0 saturated carbocycles. The Labute approximate surface area is 87.1 Å². The Kier molecular flexibility index (Phi) is 2.55. The number of ether oxygens (including phenoxy) is 1. The SMILES string of the molecule is O=C(Cl)COC1=Cc2ccccc2C1. The largest absolute Gasteiger partial charge is 0.488 e. The van der Waals surface area contributed by atoms with E-state index in [2.05, 4.69) is 0 Å². The van der Waals surface area contributed by atoms with Gasteiger partial charge in [0, 0.05) is 6.42 Å². The van der Waals surface area contributed by atoms with Crippen LogP contribution in [-0.2, 0) is 16.0 Å². The van der Waals surface area contributed by atoms with Gasteiger partial charge in [-0.2, -0.15) is 0 Å². The van der Waals surface area contributed by atoms with Crippen molar-refractivity contribution in [3.05, 3.63) is 41.2 Å². The molecule has 0 aliphatic heterocycles. The smallest absolute Gasteiger partial charge is 0.259 e. The highest BCUT2D eigenvalue weighted by molar-refractivity contribution is 6.63. The molecule has 0 unspecified atom stereocenters. The van der Waals surface area contributed by atoms with Gasteiger partial charge in [0.15, 0.2) is 6.61 Å². The molecule has 0 aromatic heterocycles. The summed E-state index contributed by atoms with van der Waals surface area (Å²) in [6.07, 6.45) is 2.69. The topological polar surface area (TPSA) is 26.3 Å². The fourth-order valence-corrected chi connectivity index (χ4v) is 1.54. The van der Waals surface area contributed by atoms with E-state index >= 15 is 0 Å². The maximum Gasteiger partial charge on any atom is 0.259 e. The predicted molar refractivity (Wildman–Crippen MR) is 54.9 cm³/mol. The van der Waals surface area contributed by atoms with Gasteiger partial charge in [-0.3, -0.25) is 4.79 Å². The summed E-state index contributed by atoms with van der Waals surface area (Å²) in [6.45, 7) is -0.0542. The number of allylic oxidation sites excluding steroid dienone is 1. The standard InChI is InChI=1S/C11H9ClO2/c12-11(13)7-14-10-5-8-3-1-2-4-9(8)6-10/h1-5H,6-7H2. The van der Waals surface area contributed by atoms with Crippen LogP contribution in [-0.4, -0.2) is 11.8 Å². The van der Waals surface area contributed by atoms with Gasteiger partial charge in [-0.05, 0) is 28.8 Å². The maximum atomic E-state index is 10.5. The third-order valence-corrected chi connectivity index (χ3v) is 2.22. The van der Waals surface area contributed by atoms with Crippen molar-refractivity contribution in [1.29, 1.82) is 0 Å². The van der Waals surface area contributed by atoms with E-state index in [-0.39, 0.29) is 6.61 Å². The van der Waals surface area contributed by atoms with E-state index in [0.29, 0.717) is 0 Å². The van der Waals surface area contributed by atoms with Crippen LogP contribution in [0.25, 0.3) is 6.08 Å². The Hall–Kier alpha value is -1.28. The van der Waals surface area contributed by atoms with Gasteiger partial charge < -0.3 is 4.74 Å².